The first-order valence-electron chi connectivity index (χ1n) is 12.1. The van der Waals surface area contributed by atoms with E-state index in [0.29, 0.717) is 33.9 Å². The van der Waals surface area contributed by atoms with Gasteiger partial charge in [0.15, 0.2) is 6.61 Å². The summed E-state index contributed by atoms with van der Waals surface area (Å²) in [4.78, 5) is 41.3. The van der Waals surface area contributed by atoms with E-state index in [9.17, 15) is 19.7 Å². The van der Waals surface area contributed by atoms with E-state index in [-0.39, 0.29) is 21.9 Å². The van der Waals surface area contributed by atoms with Crippen LogP contribution in [-0.4, -0.2) is 33.3 Å². The normalized spacial score (nSPS) is 11.2. The van der Waals surface area contributed by atoms with E-state index in [4.69, 9.17) is 27.9 Å². The average Bonchev–Trinajstić information content (AvgIpc) is 2.92. The summed E-state index contributed by atoms with van der Waals surface area (Å²) in [6.45, 7) is 1.50. The third kappa shape index (κ3) is 7.04. The molecule has 0 spiro atoms. The fourth-order valence-electron chi connectivity index (χ4n) is 3.76. The number of nitro benzene ring substituents is 1. The van der Waals surface area contributed by atoms with E-state index in [0.717, 1.165) is 17.3 Å². The van der Waals surface area contributed by atoms with Gasteiger partial charge in [-0.2, -0.15) is 9.78 Å². The van der Waals surface area contributed by atoms with E-state index in [1.165, 1.54) is 23.0 Å². The van der Waals surface area contributed by atoms with Crippen LogP contribution in [0.5, 0.6) is 5.75 Å². The largest absolute Gasteiger partial charge is 0.476 e. The van der Waals surface area contributed by atoms with Crippen LogP contribution >= 0.6 is 39.1 Å². The lowest BCUT2D eigenvalue weighted by atomic mass is 10.2. The van der Waals surface area contributed by atoms with Crippen molar-refractivity contribution in [1.29, 1.82) is 0 Å². The van der Waals surface area contributed by atoms with Gasteiger partial charge in [0.25, 0.3) is 11.5 Å². The van der Waals surface area contributed by atoms with E-state index < -0.39 is 23.1 Å². The molecular formula is C27H22BrCl2N5O5. The highest BCUT2D eigenvalue weighted by molar-refractivity contribution is 9.10. The summed E-state index contributed by atoms with van der Waals surface area (Å²) in [5.74, 6) is -0.356. The van der Waals surface area contributed by atoms with Gasteiger partial charge in [-0.05, 0) is 55.0 Å². The molecular weight excluding hydrogens is 625 g/mol. The number of unbranched alkanes of at least 4 members (excludes halogenated alkanes) is 1. The van der Waals surface area contributed by atoms with E-state index >= 15 is 0 Å². The number of benzene rings is 3. The fraction of sp³-hybridized carbons (Fsp3) is 0.185. The van der Waals surface area contributed by atoms with Crippen LogP contribution in [0.3, 0.4) is 0 Å². The molecule has 206 valence electrons. The van der Waals surface area contributed by atoms with Crippen LogP contribution < -0.4 is 15.6 Å². The molecule has 0 aliphatic heterocycles. The summed E-state index contributed by atoms with van der Waals surface area (Å²) >= 11 is 15.5. The maximum absolute atomic E-state index is 13.3. The summed E-state index contributed by atoms with van der Waals surface area (Å²) in [5, 5.41) is 19.5. The van der Waals surface area contributed by atoms with Crippen LogP contribution in [0.1, 0.15) is 31.2 Å². The number of carbonyl (C=O) groups excluding carboxylic acids is 1. The van der Waals surface area contributed by atoms with Crippen LogP contribution in [0, 0.1) is 10.1 Å². The first kappa shape index (κ1) is 29.2. The molecule has 0 unspecified atom stereocenters. The Morgan fingerprint density at radius 1 is 1.20 bits per heavy atom. The molecule has 3 aromatic carbocycles. The topological polar surface area (TPSA) is 129 Å². The lowest BCUT2D eigenvalue weighted by Gasteiger charge is -2.11. The zero-order valence-electron chi connectivity index (χ0n) is 21.1. The van der Waals surface area contributed by atoms with Crippen molar-refractivity contribution in [3.05, 3.63) is 101 Å². The third-order valence-corrected chi connectivity index (χ3v) is 6.70. The predicted octanol–water partition coefficient (Wildman–Crippen LogP) is 6.62. The molecule has 1 heterocycles. The number of aryl methyl sites for hydroxylation is 1. The highest BCUT2D eigenvalue weighted by Gasteiger charge is 2.22. The Morgan fingerprint density at radius 3 is 2.65 bits per heavy atom. The minimum absolute atomic E-state index is 0.103. The Kier molecular flexibility index (Phi) is 9.51. The molecule has 1 amide bonds. The molecule has 0 aliphatic rings. The first-order valence-corrected chi connectivity index (χ1v) is 13.6. The van der Waals surface area contributed by atoms with Gasteiger partial charge in [-0.1, -0.05) is 52.5 Å². The Bertz CT molecular complexity index is 1680. The second kappa shape index (κ2) is 13.0. The summed E-state index contributed by atoms with van der Waals surface area (Å²) in [7, 11) is 0. The number of aromatic nitrogens is 2. The van der Waals surface area contributed by atoms with Gasteiger partial charge in [0.2, 0.25) is 5.75 Å². The first-order chi connectivity index (χ1) is 19.2. The molecule has 0 radical (unpaired) electrons. The van der Waals surface area contributed by atoms with Gasteiger partial charge in [-0.25, -0.2) is 4.98 Å². The van der Waals surface area contributed by atoms with Gasteiger partial charge < -0.3 is 10.1 Å². The van der Waals surface area contributed by atoms with Gasteiger partial charge in [-0.3, -0.25) is 19.7 Å². The molecule has 0 saturated carbocycles. The highest BCUT2D eigenvalue weighted by Crippen LogP contribution is 2.36. The monoisotopic (exact) mass is 645 g/mol. The van der Waals surface area contributed by atoms with Crippen molar-refractivity contribution in [2.45, 2.75) is 26.2 Å². The van der Waals surface area contributed by atoms with E-state index in [1.54, 1.807) is 42.5 Å². The van der Waals surface area contributed by atoms with E-state index in [1.807, 2.05) is 6.92 Å². The number of fused-ring (bicyclic) bond motifs is 1. The number of nitro groups is 1. The molecule has 0 saturated heterocycles. The van der Waals surface area contributed by atoms with Crippen molar-refractivity contribution in [2.75, 3.05) is 11.9 Å². The summed E-state index contributed by atoms with van der Waals surface area (Å²) in [6, 6.07) is 14.2. The number of carbonyl (C=O) groups is 1. The van der Waals surface area contributed by atoms with Crippen LogP contribution in [0.25, 0.3) is 10.9 Å². The van der Waals surface area contributed by atoms with Crippen molar-refractivity contribution < 1.29 is 14.5 Å². The third-order valence-electron chi connectivity index (χ3n) is 5.67. The maximum atomic E-state index is 13.3. The zero-order valence-corrected chi connectivity index (χ0v) is 24.2. The molecule has 10 nitrogen and oxygen atoms in total. The fourth-order valence-corrected chi connectivity index (χ4v) is 4.52. The van der Waals surface area contributed by atoms with Crippen molar-refractivity contribution in [3.63, 3.8) is 0 Å². The van der Waals surface area contributed by atoms with Crippen LogP contribution in [-0.2, 0) is 11.2 Å². The molecule has 4 rings (SSSR count). The molecule has 0 fully saturated rings. The number of halogens is 3. The smallest absolute Gasteiger partial charge is 0.313 e. The minimum Gasteiger partial charge on any atom is -0.476 e. The SMILES string of the molecule is CCCCc1nc2ccc(Br)cc2c(=O)n1N=Cc1cc(Cl)c(OCC(=O)Nc2ccc(Cl)cc2)c([N+](=O)[O-])c1. The Hall–Kier alpha value is -3.80. The number of amides is 1. The minimum atomic E-state index is -0.677. The van der Waals surface area contributed by atoms with Gasteiger partial charge in [0.05, 0.1) is 27.1 Å². The number of anilines is 1. The Labute approximate surface area is 246 Å². The number of nitrogens with one attached hydrogen (secondary N) is 1. The number of hydrogen-bond acceptors (Lipinski definition) is 7. The maximum Gasteiger partial charge on any atom is 0.313 e. The van der Waals surface area contributed by atoms with Crippen molar-refractivity contribution in [1.82, 2.24) is 9.66 Å². The highest BCUT2D eigenvalue weighted by atomic mass is 79.9. The van der Waals surface area contributed by atoms with Crippen LogP contribution in [0.15, 0.2) is 69.0 Å². The zero-order chi connectivity index (χ0) is 28.8. The predicted molar refractivity (Wildman–Crippen MR) is 159 cm³/mol. The standard InChI is InChI=1S/C27H22BrCl2N5O5/c1-2-3-4-24-33-22-10-5-17(28)13-20(22)27(37)34(24)31-14-16-11-21(30)26(23(12-16)35(38)39)40-15-25(36)32-19-8-6-18(29)7-9-19/h5-14H,2-4,15H2,1H3,(H,32,36). The van der Waals surface area contributed by atoms with Crippen molar-refractivity contribution >= 4 is 73.5 Å². The van der Waals surface area contributed by atoms with Gasteiger partial charge in [0, 0.05) is 33.2 Å². The number of rotatable bonds is 10. The number of hydrogen-bond donors (Lipinski definition) is 1. The van der Waals surface area contributed by atoms with Crippen molar-refractivity contribution in [2.24, 2.45) is 5.10 Å². The van der Waals surface area contributed by atoms with Gasteiger partial charge in [-0.15, -0.1) is 0 Å². The van der Waals surface area contributed by atoms with Crippen molar-refractivity contribution in [3.8, 4) is 5.75 Å². The van der Waals surface area contributed by atoms with E-state index in [2.05, 4.69) is 31.3 Å². The quantitative estimate of drug-likeness (QED) is 0.117. The molecule has 0 aliphatic carbocycles. The lowest BCUT2D eigenvalue weighted by molar-refractivity contribution is -0.385. The average molecular weight is 647 g/mol. The molecule has 0 bridgehead atoms. The molecule has 4 aromatic rings. The second-order valence-electron chi connectivity index (χ2n) is 8.61. The molecule has 1 N–H and O–H groups in total. The Morgan fingerprint density at radius 2 is 1.95 bits per heavy atom. The lowest BCUT2D eigenvalue weighted by Crippen LogP contribution is -2.22. The number of ether oxygens (including phenoxy) is 1. The van der Waals surface area contributed by atoms with Crippen LogP contribution in [0.4, 0.5) is 11.4 Å². The summed E-state index contributed by atoms with van der Waals surface area (Å²) in [6.07, 6.45) is 3.48. The van der Waals surface area contributed by atoms with Gasteiger partial charge in [0.1, 0.15) is 5.82 Å². The van der Waals surface area contributed by atoms with Crippen LogP contribution in [0.2, 0.25) is 10.0 Å². The molecule has 0 atom stereocenters. The Balaban J connectivity index is 1.62. The second-order valence-corrected chi connectivity index (χ2v) is 10.4. The van der Waals surface area contributed by atoms with Gasteiger partial charge >= 0.3 is 5.69 Å². The molecule has 40 heavy (non-hydrogen) atoms. The molecule has 1 aromatic heterocycles. The summed E-state index contributed by atoms with van der Waals surface area (Å²) in [5.41, 5.74) is 0.436. The molecule has 13 heteroatoms. The number of nitrogens with zero attached hydrogens (tertiary/aromatic N) is 4. The summed E-state index contributed by atoms with van der Waals surface area (Å²) < 4.78 is 7.33.